The van der Waals surface area contributed by atoms with Crippen molar-refractivity contribution in [2.24, 2.45) is 0 Å². The van der Waals surface area contributed by atoms with Gasteiger partial charge in [-0.3, -0.25) is 14.2 Å². The molecule has 172 valence electrons. The van der Waals surface area contributed by atoms with Crippen molar-refractivity contribution >= 4 is 55.7 Å². The fourth-order valence-corrected chi connectivity index (χ4v) is 4.39. The number of nitrogens with one attached hydrogen (secondary N) is 1. The topological polar surface area (TPSA) is 108 Å². The van der Waals surface area contributed by atoms with Gasteiger partial charge in [-0.2, -0.15) is 5.10 Å². The van der Waals surface area contributed by atoms with Crippen LogP contribution in [0.4, 0.5) is 0 Å². The second-order valence-electron chi connectivity index (χ2n) is 7.50. The maximum absolute atomic E-state index is 12.9. The maximum Gasteiger partial charge on any atom is 0.264 e. The van der Waals surface area contributed by atoms with Gasteiger partial charge in [0.15, 0.2) is 11.2 Å². The van der Waals surface area contributed by atoms with Gasteiger partial charge in [-0.15, -0.1) is 0 Å². The Bertz CT molecular complexity index is 1490. The molecule has 0 radical (unpaired) electrons. The molecule has 0 atom stereocenters. The largest absolute Gasteiger partial charge is 0.431 e. The lowest BCUT2D eigenvalue weighted by molar-refractivity contribution is -0.118. The van der Waals surface area contributed by atoms with Crippen LogP contribution in [0.2, 0.25) is 0 Å². The van der Waals surface area contributed by atoms with Gasteiger partial charge < -0.3 is 9.73 Å². The molecular formula is C23H19BrN6O3S. The number of carbonyl (C=O) groups excluding carboxylic acids is 1. The first-order valence-electron chi connectivity index (χ1n) is 10.5. The number of thioether (sulfide) groups is 1. The lowest BCUT2D eigenvalue weighted by Gasteiger charge is -2.07. The molecular weight excluding hydrogens is 520 g/mol. The smallest absolute Gasteiger partial charge is 0.264 e. The van der Waals surface area contributed by atoms with Crippen molar-refractivity contribution in [1.29, 1.82) is 0 Å². The summed E-state index contributed by atoms with van der Waals surface area (Å²) < 4.78 is 9.77. The summed E-state index contributed by atoms with van der Waals surface area (Å²) in [7, 11) is 0. The van der Waals surface area contributed by atoms with Gasteiger partial charge in [-0.1, -0.05) is 52.0 Å². The summed E-state index contributed by atoms with van der Waals surface area (Å²) in [5.41, 5.74) is 2.79. The molecule has 1 amide bonds. The minimum atomic E-state index is -0.155. The molecule has 0 saturated carbocycles. The van der Waals surface area contributed by atoms with Crippen molar-refractivity contribution in [3.63, 3.8) is 0 Å². The quantitative estimate of drug-likeness (QED) is 0.301. The van der Waals surface area contributed by atoms with Gasteiger partial charge in [-0.05, 0) is 29.8 Å². The normalized spacial score (nSPS) is 11.3. The summed E-state index contributed by atoms with van der Waals surface area (Å²) in [5.74, 6) is 0.0413. The molecule has 2 aromatic carbocycles. The van der Waals surface area contributed by atoms with Crippen molar-refractivity contribution in [2.75, 3.05) is 12.3 Å². The highest BCUT2D eigenvalue weighted by Crippen LogP contribution is 2.22. The number of para-hydroxylation sites is 2. The van der Waals surface area contributed by atoms with Gasteiger partial charge in [0.05, 0.1) is 25.0 Å². The van der Waals surface area contributed by atoms with Crippen LogP contribution in [0.1, 0.15) is 5.56 Å². The standard InChI is InChI=1S/C23H19BrN6O3S/c24-16-7-5-15(6-8-16)12-29-14-26-21-17(22(29)32)11-27-30(21)10-9-25-20(31)13-34-23-28-18-3-1-2-4-19(18)33-23/h1-8,11,14H,9-10,12-13H2,(H,25,31). The van der Waals surface area contributed by atoms with Crippen molar-refractivity contribution in [1.82, 2.24) is 29.6 Å². The zero-order valence-electron chi connectivity index (χ0n) is 17.8. The number of hydrogen-bond donors (Lipinski definition) is 1. The van der Waals surface area contributed by atoms with E-state index < -0.39 is 0 Å². The molecule has 0 unspecified atom stereocenters. The molecule has 0 aliphatic carbocycles. The van der Waals surface area contributed by atoms with Gasteiger partial charge in [0.2, 0.25) is 5.91 Å². The monoisotopic (exact) mass is 538 g/mol. The number of carbonyl (C=O) groups is 1. The number of fused-ring (bicyclic) bond motifs is 2. The number of rotatable bonds is 8. The average molecular weight is 539 g/mol. The van der Waals surface area contributed by atoms with Crippen LogP contribution in [0.3, 0.4) is 0 Å². The molecule has 5 aromatic rings. The minimum absolute atomic E-state index is 0.145. The SMILES string of the molecule is O=C(CSc1nc2ccccc2o1)NCCn1ncc2c(=O)n(Cc3ccc(Br)cc3)cnc21. The van der Waals surface area contributed by atoms with E-state index in [1.54, 1.807) is 9.25 Å². The predicted molar refractivity (Wildman–Crippen MR) is 133 cm³/mol. The van der Waals surface area contributed by atoms with Crippen LogP contribution in [-0.2, 0) is 17.9 Å². The van der Waals surface area contributed by atoms with Gasteiger partial charge in [0, 0.05) is 11.0 Å². The highest BCUT2D eigenvalue weighted by atomic mass is 79.9. The van der Waals surface area contributed by atoms with Crippen molar-refractivity contribution < 1.29 is 9.21 Å². The number of nitrogens with zero attached hydrogens (tertiary/aromatic N) is 5. The molecule has 5 rings (SSSR count). The van der Waals surface area contributed by atoms with E-state index in [0.717, 1.165) is 15.6 Å². The van der Waals surface area contributed by atoms with Crippen LogP contribution >= 0.6 is 27.7 Å². The molecule has 0 saturated heterocycles. The van der Waals surface area contributed by atoms with Gasteiger partial charge in [0.25, 0.3) is 10.8 Å². The molecule has 3 heterocycles. The van der Waals surface area contributed by atoms with Crippen LogP contribution in [0.25, 0.3) is 22.1 Å². The Morgan fingerprint density at radius 2 is 1.97 bits per heavy atom. The third-order valence-corrected chi connectivity index (χ3v) is 6.49. The third-order valence-electron chi connectivity index (χ3n) is 5.14. The number of hydrogen-bond acceptors (Lipinski definition) is 7. The number of aromatic nitrogens is 5. The minimum Gasteiger partial charge on any atom is -0.431 e. The van der Waals surface area contributed by atoms with Crippen molar-refractivity contribution in [3.05, 3.63) is 81.4 Å². The summed E-state index contributed by atoms with van der Waals surface area (Å²) >= 11 is 4.65. The molecule has 0 aliphatic rings. The number of halogens is 1. The maximum atomic E-state index is 12.9. The highest BCUT2D eigenvalue weighted by molar-refractivity contribution is 9.10. The van der Waals surface area contributed by atoms with Crippen LogP contribution < -0.4 is 10.9 Å². The number of amides is 1. The predicted octanol–water partition coefficient (Wildman–Crippen LogP) is 3.45. The van der Waals surface area contributed by atoms with E-state index in [-0.39, 0.29) is 17.2 Å². The van der Waals surface area contributed by atoms with Crippen molar-refractivity contribution in [3.8, 4) is 0 Å². The molecule has 3 aromatic heterocycles. The number of benzene rings is 2. The summed E-state index contributed by atoms with van der Waals surface area (Å²) in [6.07, 6.45) is 3.05. The Balaban J connectivity index is 1.17. The van der Waals surface area contributed by atoms with E-state index in [2.05, 4.69) is 36.3 Å². The van der Waals surface area contributed by atoms with E-state index in [9.17, 15) is 9.59 Å². The molecule has 0 spiro atoms. The van der Waals surface area contributed by atoms with E-state index in [4.69, 9.17) is 4.42 Å². The van der Waals surface area contributed by atoms with E-state index in [1.165, 1.54) is 24.3 Å². The summed E-state index contributed by atoms with van der Waals surface area (Å²) in [6, 6.07) is 15.2. The van der Waals surface area contributed by atoms with Gasteiger partial charge in [-0.25, -0.2) is 14.6 Å². The first-order chi connectivity index (χ1) is 16.6. The van der Waals surface area contributed by atoms with Crippen LogP contribution in [0.15, 0.2) is 80.0 Å². The zero-order valence-corrected chi connectivity index (χ0v) is 20.3. The molecule has 34 heavy (non-hydrogen) atoms. The molecule has 11 heteroatoms. The summed E-state index contributed by atoms with van der Waals surface area (Å²) in [5, 5.41) is 8.03. The van der Waals surface area contributed by atoms with Gasteiger partial charge in [0.1, 0.15) is 17.2 Å². The lowest BCUT2D eigenvalue weighted by atomic mass is 10.2. The Hall–Kier alpha value is -3.44. The fourth-order valence-electron chi connectivity index (χ4n) is 3.45. The molecule has 0 aliphatic heterocycles. The first kappa shape index (κ1) is 22.4. The zero-order chi connectivity index (χ0) is 23.5. The fraction of sp³-hybridized carbons (Fsp3) is 0.174. The molecule has 1 N–H and O–H groups in total. The van der Waals surface area contributed by atoms with Crippen LogP contribution in [0.5, 0.6) is 0 Å². The molecule has 0 bridgehead atoms. The van der Waals surface area contributed by atoms with E-state index in [1.807, 2.05) is 48.5 Å². The average Bonchev–Trinajstić information content (AvgIpc) is 3.45. The third kappa shape index (κ3) is 4.90. The van der Waals surface area contributed by atoms with E-state index >= 15 is 0 Å². The summed E-state index contributed by atoms with van der Waals surface area (Å²) in [6.45, 7) is 1.17. The Labute approximate surface area is 206 Å². The summed E-state index contributed by atoms with van der Waals surface area (Å²) in [4.78, 5) is 33.8. The van der Waals surface area contributed by atoms with Gasteiger partial charge >= 0.3 is 0 Å². The second-order valence-corrected chi connectivity index (χ2v) is 9.34. The second kappa shape index (κ2) is 9.82. The van der Waals surface area contributed by atoms with Crippen molar-refractivity contribution in [2.45, 2.75) is 18.3 Å². The Morgan fingerprint density at radius 3 is 2.79 bits per heavy atom. The molecule has 9 nitrogen and oxygen atoms in total. The lowest BCUT2D eigenvalue weighted by Crippen LogP contribution is -2.29. The van der Waals surface area contributed by atoms with E-state index in [0.29, 0.717) is 41.5 Å². The molecule has 0 fully saturated rings. The Kier molecular flexibility index (Phi) is 6.45. The first-order valence-corrected chi connectivity index (χ1v) is 12.3. The number of oxazole rings is 1. The van der Waals surface area contributed by atoms with Crippen LogP contribution in [0, 0.1) is 0 Å². The van der Waals surface area contributed by atoms with Crippen LogP contribution in [-0.4, -0.2) is 42.5 Å². The highest BCUT2D eigenvalue weighted by Gasteiger charge is 2.12. The Morgan fingerprint density at radius 1 is 1.15 bits per heavy atom.